The Hall–Kier alpha value is -1.77. The molecule has 78 valence electrons. The molecule has 0 atom stereocenters. The van der Waals surface area contributed by atoms with Crippen molar-refractivity contribution in [3.05, 3.63) is 40.7 Å². The molecule has 3 heteroatoms. The van der Waals surface area contributed by atoms with Crippen molar-refractivity contribution in [3.63, 3.8) is 0 Å². The van der Waals surface area contributed by atoms with Crippen LogP contribution in [-0.4, -0.2) is 11.2 Å². The van der Waals surface area contributed by atoms with E-state index in [1.165, 1.54) is 0 Å². The first kappa shape index (κ1) is 9.77. The van der Waals surface area contributed by atoms with Crippen molar-refractivity contribution in [2.75, 3.05) is 6.61 Å². The summed E-state index contributed by atoms with van der Waals surface area (Å²) in [4.78, 5) is 11.6. The van der Waals surface area contributed by atoms with E-state index in [0.717, 1.165) is 11.3 Å². The number of aromatic nitrogens is 1. The lowest BCUT2D eigenvalue weighted by Crippen LogP contribution is -2.05. The molecule has 1 aromatic heterocycles. The van der Waals surface area contributed by atoms with E-state index in [4.69, 9.17) is 4.74 Å². The van der Waals surface area contributed by atoms with Crippen LogP contribution >= 0.6 is 0 Å². The molecular formula is C12H13NO2. The Kier molecular flexibility index (Phi) is 2.46. The third kappa shape index (κ3) is 1.73. The predicted octanol–water partition coefficient (Wildman–Crippen LogP) is 1.94. The highest BCUT2D eigenvalue weighted by atomic mass is 16.5. The van der Waals surface area contributed by atoms with Gasteiger partial charge in [0.25, 0.3) is 0 Å². The molecule has 0 saturated heterocycles. The first-order valence-electron chi connectivity index (χ1n) is 4.94. The van der Waals surface area contributed by atoms with E-state index in [1.54, 1.807) is 18.3 Å². The SMILES string of the molecule is CCOc1ccc2c(c1)c(=O)ccn2C. The van der Waals surface area contributed by atoms with Gasteiger partial charge >= 0.3 is 0 Å². The second-order valence-corrected chi connectivity index (χ2v) is 3.40. The smallest absolute Gasteiger partial charge is 0.189 e. The fourth-order valence-electron chi connectivity index (χ4n) is 1.63. The molecule has 0 spiro atoms. The van der Waals surface area contributed by atoms with Gasteiger partial charge in [-0.05, 0) is 25.1 Å². The average Bonchev–Trinajstić information content (AvgIpc) is 2.24. The maximum atomic E-state index is 11.6. The molecule has 0 unspecified atom stereocenters. The van der Waals surface area contributed by atoms with Crippen molar-refractivity contribution >= 4 is 10.9 Å². The van der Waals surface area contributed by atoms with Crippen molar-refractivity contribution in [3.8, 4) is 5.75 Å². The number of hydrogen-bond donors (Lipinski definition) is 0. The Morgan fingerprint density at radius 1 is 1.33 bits per heavy atom. The predicted molar refractivity (Wildman–Crippen MR) is 60.4 cm³/mol. The van der Waals surface area contributed by atoms with Gasteiger partial charge in [-0.2, -0.15) is 0 Å². The molecule has 0 amide bonds. The summed E-state index contributed by atoms with van der Waals surface area (Å²) in [7, 11) is 1.92. The van der Waals surface area contributed by atoms with E-state index in [-0.39, 0.29) is 5.43 Å². The molecule has 1 heterocycles. The highest BCUT2D eigenvalue weighted by Gasteiger charge is 2.02. The summed E-state index contributed by atoms with van der Waals surface area (Å²) in [6.45, 7) is 2.53. The number of ether oxygens (including phenoxy) is 1. The van der Waals surface area contributed by atoms with Gasteiger partial charge in [0.15, 0.2) is 5.43 Å². The van der Waals surface area contributed by atoms with Crippen LogP contribution in [0.15, 0.2) is 35.3 Å². The number of benzene rings is 1. The molecule has 2 aromatic rings. The van der Waals surface area contributed by atoms with E-state index >= 15 is 0 Å². The van der Waals surface area contributed by atoms with E-state index in [1.807, 2.05) is 30.7 Å². The number of nitrogens with zero attached hydrogens (tertiary/aromatic N) is 1. The Morgan fingerprint density at radius 2 is 2.13 bits per heavy atom. The lowest BCUT2D eigenvalue weighted by atomic mass is 10.2. The second-order valence-electron chi connectivity index (χ2n) is 3.40. The van der Waals surface area contributed by atoms with Gasteiger partial charge in [0, 0.05) is 24.7 Å². The standard InChI is InChI=1S/C12H13NO2/c1-3-15-9-4-5-11-10(8-9)12(14)6-7-13(11)2/h4-8H,3H2,1-2H3. The van der Waals surface area contributed by atoms with Crippen LogP contribution in [-0.2, 0) is 7.05 Å². The molecular weight excluding hydrogens is 190 g/mol. The van der Waals surface area contributed by atoms with Gasteiger partial charge in [0.05, 0.1) is 12.1 Å². The highest BCUT2D eigenvalue weighted by molar-refractivity contribution is 5.80. The fraction of sp³-hybridized carbons (Fsp3) is 0.250. The minimum atomic E-state index is 0.0321. The van der Waals surface area contributed by atoms with Gasteiger partial charge < -0.3 is 9.30 Å². The van der Waals surface area contributed by atoms with E-state index in [2.05, 4.69) is 0 Å². The summed E-state index contributed by atoms with van der Waals surface area (Å²) in [6, 6.07) is 7.15. The van der Waals surface area contributed by atoms with Crippen LogP contribution in [0.1, 0.15) is 6.92 Å². The lowest BCUT2D eigenvalue weighted by Gasteiger charge is -2.07. The maximum Gasteiger partial charge on any atom is 0.189 e. The van der Waals surface area contributed by atoms with E-state index in [0.29, 0.717) is 12.0 Å². The first-order valence-corrected chi connectivity index (χ1v) is 4.94. The second kappa shape index (κ2) is 3.77. The third-order valence-corrected chi connectivity index (χ3v) is 2.37. The van der Waals surface area contributed by atoms with Gasteiger partial charge in [-0.3, -0.25) is 4.79 Å². The quantitative estimate of drug-likeness (QED) is 0.746. The number of pyridine rings is 1. The summed E-state index contributed by atoms with van der Waals surface area (Å²) in [5, 5.41) is 0.700. The molecule has 2 rings (SSSR count). The Morgan fingerprint density at radius 3 is 2.87 bits per heavy atom. The van der Waals surface area contributed by atoms with Gasteiger partial charge in [-0.15, -0.1) is 0 Å². The Labute approximate surface area is 87.9 Å². The number of aryl methyl sites for hydroxylation is 1. The molecule has 3 nitrogen and oxygen atoms in total. The molecule has 0 radical (unpaired) electrons. The summed E-state index contributed by atoms with van der Waals surface area (Å²) >= 11 is 0. The normalized spacial score (nSPS) is 10.5. The van der Waals surface area contributed by atoms with E-state index < -0.39 is 0 Å². The van der Waals surface area contributed by atoms with Crippen molar-refractivity contribution in [2.45, 2.75) is 6.92 Å². The zero-order valence-corrected chi connectivity index (χ0v) is 8.86. The minimum absolute atomic E-state index is 0.0321. The van der Waals surface area contributed by atoms with Gasteiger partial charge in [-0.25, -0.2) is 0 Å². The number of hydrogen-bond acceptors (Lipinski definition) is 2. The highest BCUT2D eigenvalue weighted by Crippen LogP contribution is 2.17. The summed E-state index contributed by atoms with van der Waals surface area (Å²) in [5.41, 5.74) is 0.954. The molecule has 0 aliphatic carbocycles. The summed E-state index contributed by atoms with van der Waals surface area (Å²) < 4.78 is 7.28. The van der Waals surface area contributed by atoms with Crippen molar-refractivity contribution < 1.29 is 4.74 Å². The topological polar surface area (TPSA) is 31.2 Å². The van der Waals surface area contributed by atoms with Crippen LogP contribution < -0.4 is 10.2 Å². The number of rotatable bonds is 2. The molecule has 0 bridgehead atoms. The summed E-state index contributed by atoms with van der Waals surface area (Å²) in [5.74, 6) is 0.744. The van der Waals surface area contributed by atoms with Crippen LogP contribution in [0, 0.1) is 0 Å². The Bertz CT molecular complexity index is 543. The maximum absolute atomic E-state index is 11.6. The van der Waals surface area contributed by atoms with E-state index in [9.17, 15) is 4.79 Å². The lowest BCUT2D eigenvalue weighted by molar-refractivity contribution is 0.340. The third-order valence-electron chi connectivity index (χ3n) is 2.37. The molecule has 15 heavy (non-hydrogen) atoms. The van der Waals surface area contributed by atoms with Gasteiger partial charge in [0.2, 0.25) is 0 Å². The van der Waals surface area contributed by atoms with Crippen LogP contribution in [0.4, 0.5) is 0 Å². The van der Waals surface area contributed by atoms with Crippen molar-refractivity contribution in [1.29, 1.82) is 0 Å². The Balaban J connectivity index is 2.70. The molecule has 1 aromatic carbocycles. The van der Waals surface area contributed by atoms with Crippen molar-refractivity contribution in [1.82, 2.24) is 4.57 Å². The van der Waals surface area contributed by atoms with Crippen LogP contribution in [0.3, 0.4) is 0 Å². The average molecular weight is 203 g/mol. The summed E-state index contributed by atoms with van der Waals surface area (Å²) in [6.07, 6.45) is 1.77. The minimum Gasteiger partial charge on any atom is -0.494 e. The molecule has 0 N–H and O–H groups in total. The van der Waals surface area contributed by atoms with Gasteiger partial charge in [0.1, 0.15) is 5.75 Å². The molecule has 0 saturated carbocycles. The zero-order valence-electron chi connectivity index (χ0n) is 8.86. The monoisotopic (exact) mass is 203 g/mol. The molecule has 0 aliphatic heterocycles. The fourth-order valence-corrected chi connectivity index (χ4v) is 1.63. The number of fused-ring (bicyclic) bond motifs is 1. The van der Waals surface area contributed by atoms with Crippen molar-refractivity contribution in [2.24, 2.45) is 7.05 Å². The molecule has 0 fully saturated rings. The largest absolute Gasteiger partial charge is 0.494 e. The van der Waals surface area contributed by atoms with Gasteiger partial charge in [-0.1, -0.05) is 0 Å². The first-order chi connectivity index (χ1) is 7.22. The van der Waals surface area contributed by atoms with Crippen LogP contribution in [0.25, 0.3) is 10.9 Å². The van der Waals surface area contributed by atoms with Crippen LogP contribution in [0.5, 0.6) is 5.75 Å². The molecule has 0 aliphatic rings. The van der Waals surface area contributed by atoms with Crippen LogP contribution in [0.2, 0.25) is 0 Å². The zero-order chi connectivity index (χ0) is 10.8.